The molecule has 0 aromatic heterocycles. The molecule has 0 fully saturated rings. The van der Waals surface area contributed by atoms with Crippen molar-refractivity contribution in [3.63, 3.8) is 0 Å². The number of rotatable bonds is 4. The monoisotopic (exact) mass is 221 g/mol. The van der Waals surface area contributed by atoms with E-state index in [2.05, 4.69) is 39.8 Å². The van der Waals surface area contributed by atoms with Crippen LogP contribution in [0.4, 0.5) is 0 Å². The molecule has 0 aliphatic carbocycles. The maximum absolute atomic E-state index is 10.0. The third-order valence-electron chi connectivity index (χ3n) is 3.66. The summed E-state index contributed by atoms with van der Waals surface area (Å²) < 4.78 is 0. The molecule has 1 atom stereocenters. The summed E-state index contributed by atoms with van der Waals surface area (Å²) in [5.74, 6) is 0.840. The van der Waals surface area contributed by atoms with E-state index in [9.17, 15) is 5.11 Å². The predicted molar refractivity (Wildman–Crippen MR) is 68.6 cm³/mol. The second-order valence-corrected chi connectivity index (χ2v) is 4.84. The number of hydrogen-bond acceptors (Lipinski definition) is 2. The summed E-state index contributed by atoms with van der Waals surface area (Å²) in [4.78, 5) is 2.22. The van der Waals surface area contributed by atoms with Crippen LogP contribution in [0.5, 0.6) is 5.75 Å². The minimum Gasteiger partial charge on any atom is -0.508 e. The van der Waals surface area contributed by atoms with E-state index in [0.29, 0.717) is 11.7 Å². The fourth-order valence-corrected chi connectivity index (χ4v) is 2.82. The molecule has 0 radical (unpaired) electrons. The number of phenolic OH excluding ortho intramolecular Hbond substituents is 1. The van der Waals surface area contributed by atoms with Crippen LogP contribution in [0.3, 0.4) is 0 Å². The van der Waals surface area contributed by atoms with E-state index >= 15 is 0 Å². The molecule has 2 heteroatoms. The SMILES string of the molecule is CCC(c1ccccc1O)(C(C)C)N(C)C. The van der Waals surface area contributed by atoms with Crippen LogP contribution < -0.4 is 0 Å². The first-order chi connectivity index (χ1) is 7.46. The molecule has 0 saturated heterocycles. The number of phenols is 1. The summed E-state index contributed by atoms with van der Waals surface area (Å²) >= 11 is 0. The fourth-order valence-electron chi connectivity index (χ4n) is 2.82. The Morgan fingerprint density at radius 3 is 2.19 bits per heavy atom. The minimum absolute atomic E-state index is 0.0919. The van der Waals surface area contributed by atoms with E-state index in [0.717, 1.165) is 12.0 Å². The van der Waals surface area contributed by atoms with Crippen LogP contribution in [0, 0.1) is 5.92 Å². The maximum atomic E-state index is 10.0. The van der Waals surface area contributed by atoms with Crippen LogP contribution in [0.1, 0.15) is 32.8 Å². The molecule has 0 saturated carbocycles. The van der Waals surface area contributed by atoms with Crippen LogP contribution >= 0.6 is 0 Å². The fraction of sp³-hybridized carbons (Fsp3) is 0.571. The highest BCUT2D eigenvalue weighted by molar-refractivity contribution is 5.38. The van der Waals surface area contributed by atoms with Crippen molar-refractivity contribution >= 4 is 0 Å². The van der Waals surface area contributed by atoms with E-state index in [1.807, 2.05) is 18.2 Å². The molecule has 1 unspecified atom stereocenters. The average Bonchev–Trinajstić information content (AvgIpc) is 2.21. The number of benzene rings is 1. The quantitative estimate of drug-likeness (QED) is 0.844. The molecule has 0 heterocycles. The van der Waals surface area contributed by atoms with Gasteiger partial charge in [-0.15, -0.1) is 0 Å². The van der Waals surface area contributed by atoms with E-state index in [1.54, 1.807) is 6.07 Å². The Hall–Kier alpha value is -1.02. The van der Waals surface area contributed by atoms with Crippen molar-refractivity contribution in [2.24, 2.45) is 5.92 Å². The summed E-state index contributed by atoms with van der Waals surface area (Å²) in [6, 6.07) is 7.66. The van der Waals surface area contributed by atoms with Crippen LogP contribution in [-0.2, 0) is 5.54 Å². The molecule has 16 heavy (non-hydrogen) atoms. The van der Waals surface area contributed by atoms with Gasteiger partial charge >= 0.3 is 0 Å². The first-order valence-electron chi connectivity index (χ1n) is 5.92. The molecule has 1 N–H and O–H groups in total. The molecule has 0 spiro atoms. The van der Waals surface area contributed by atoms with E-state index < -0.39 is 0 Å². The van der Waals surface area contributed by atoms with Crippen molar-refractivity contribution in [1.82, 2.24) is 4.90 Å². The van der Waals surface area contributed by atoms with Gasteiger partial charge in [0.05, 0.1) is 5.54 Å². The van der Waals surface area contributed by atoms with Gasteiger partial charge in [0.2, 0.25) is 0 Å². The molecule has 2 nitrogen and oxygen atoms in total. The van der Waals surface area contributed by atoms with Crippen LogP contribution in [0.15, 0.2) is 24.3 Å². The van der Waals surface area contributed by atoms with Gasteiger partial charge in [-0.1, -0.05) is 39.0 Å². The van der Waals surface area contributed by atoms with Gasteiger partial charge in [0.1, 0.15) is 5.75 Å². The second-order valence-electron chi connectivity index (χ2n) is 4.84. The molecule has 0 amide bonds. The molecular weight excluding hydrogens is 198 g/mol. The van der Waals surface area contributed by atoms with Crippen LogP contribution in [0.25, 0.3) is 0 Å². The second kappa shape index (κ2) is 4.88. The molecule has 0 aliphatic rings. The molecule has 1 aromatic rings. The van der Waals surface area contributed by atoms with Gasteiger partial charge in [-0.05, 0) is 32.5 Å². The normalized spacial score (nSPS) is 15.4. The lowest BCUT2D eigenvalue weighted by Gasteiger charge is -2.43. The Morgan fingerprint density at radius 1 is 1.25 bits per heavy atom. The van der Waals surface area contributed by atoms with Crippen molar-refractivity contribution in [3.05, 3.63) is 29.8 Å². The van der Waals surface area contributed by atoms with Crippen LogP contribution in [0.2, 0.25) is 0 Å². The standard InChI is InChI=1S/C14H23NO/c1-6-14(11(2)3,15(4)5)12-9-7-8-10-13(12)16/h7-11,16H,6H2,1-5H3. The Kier molecular flexibility index (Phi) is 3.98. The molecule has 0 bridgehead atoms. The van der Waals surface area contributed by atoms with Gasteiger partial charge in [0.25, 0.3) is 0 Å². The number of hydrogen-bond donors (Lipinski definition) is 1. The Bertz CT molecular complexity index is 336. The highest BCUT2D eigenvalue weighted by atomic mass is 16.3. The van der Waals surface area contributed by atoms with Crippen molar-refractivity contribution in [2.75, 3.05) is 14.1 Å². The van der Waals surface area contributed by atoms with Crippen molar-refractivity contribution in [3.8, 4) is 5.75 Å². The molecule has 1 aromatic carbocycles. The first kappa shape index (κ1) is 13.0. The largest absolute Gasteiger partial charge is 0.508 e. The van der Waals surface area contributed by atoms with E-state index in [1.165, 1.54) is 0 Å². The third kappa shape index (κ3) is 1.94. The summed E-state index contributed by atoms with van der Waals surface area (Å²) in [5, 5.41) is 10.0. The van der Waals surface area contributed by atoms with Gasteiger partial charge in [-0.25, -0.2) is 0 Å². The molecule has 90 valence electrons. The number of para-hydroxylation sites is 1. The lowest BCUT2D eigenvalue weighted by molar-refractivity contribution is 0.0845. The zero-order chi connectivity index (χ0) is 12.3. The van der Waals surface area contributed by atoms with Gasteiger partial charge < -0.3 is 5.11 Å². The minimum atomic E-state index is -0.0919. The van der Waals surface area contributed by atoms with E-state index in [-0.39, 0.29) is 5.54 Å². The predicted octanol–water partition coefficient (Wildman–Crippen LogP) is 3.22. The zero-order valence-electron chi connectivity index (χ0n) is 11.0. The van der Waals surface area contributed by atoms with Gasteiger partial charge in [-0.3, -0.25) is 4.90 Å². The Balaban J connectivity index is 3.37. The van der Waals surface area contributed by atoms with Crippen molar-refractivity contribution in [2.45, 2.75) is 32.7 Å². The summed E-state index contributed by atoms with van der Waals surface area (Å²) in [6.45, 7) is 6.58. The van der Waals surface area contributed by atoms with Gasteiger partial charge in [0.15, 0.2) is 0 Å². The van der Waals surface area contributed by atoms with Crippen molar-refractivity contribution in [1.29, 1.82) is 0 Å². The zero-order valence-corrected chi connectivity index (χ0v) is 11.0. The smallest absolute Gasteiger partial charge is 0.120 e. The van der Waals surface area contributed by atoms with Gasteiger partial charge in [-0.2, -0.15) is 0 Å². The molecule has 1 rings (SSSR count). The lowest BCUT2D eigenvalue weighted by atomic mass is 9.76. The third-order valence-corrected chi connectivity index (χ3v) is 3.66. The average molecular weight is 221 g/mol. The van der Waals surface area contributed by atoms with E-state index in [4.69, 9.17) is 0 Å². The summed E-state index contributed by atoms with van der Waals surface area (Å²) in [6.07, 6.45) is 0.981. The molecule has 0 aliphatic heterocycles. The number of nitrogens with zero attached hydrogens (tertiary/aromatic N) is 1. The lowest BCUT2D eigenvalue weighted by Crippen LogP contribution is -2.45. The van der Waals surface area contributed by atoms with Crippen molar-refractivity contribution < 1.29 is 5.11 Å². The number of aromatic hydroxyl groups is 1. The molecular formula is C14H23NO. The Morgan fingerprint density at radius 2 is 1.81 bits per heavy atom. The van der Waals surface area contributed by atoms with Gasteiger partial charge in [0, 0.05) is 5.56 Å². The highest BCUT2D eigenvalue weighted by Crippen LogP contribution is 2.41. The topological polar surface area (TPSA) is 23.5 Å². The highest BCUT2D eigenvalue weighted by Gasteiger charge is 2.37. The maximum Gasteiger partial charge on any atom is 0.120 e. The van der Waals surface area contributed by atoms with Crippen LogP contribution in [-0.4, -0.2) is 24.1 Å². The Labute approximate surface area is 98.9 Å². The first-order valence-corrected chi connectivity index (χ1v) is 5.92. The summed E-state index contributed by atoms with van der Waals surface area (Å²) in [5.41, 5.74) is 0.934. The summed E-state index contributed by atoms with van der Waals surface area (Å²) in [7, 11) is 4.16.